The van der Waals surface area contributed by atoms with Gasteiger partial charge in [0.05, 0.1) is 12.6 Å². The molecule has 0 bridgehead atoms. The van der Waals surface area contributed by atoms with E-state index < -0.39 is 0 Å². The molecule has 1 aliphatic rings. The van der Waals surface area contributed by atoms with E-state index in [0.29, 0.717) is 6.54 Å². The van der Waals surface area contributed by atoms with Gasteiger partial charge in [-0.3, -0.25) is 4.99 Å². The third kappa shape index (κ3) is 3.19. The van der Waals surface area contributed by atoms with Gasteiger partial charge in [0, 0.05) is 12.1 Å². The van der Waals surface area contributed by atoms with Gasteiger partial charge >= 0.3 is 0 Å². The maximum absolute atomic E-state index is 9.07. The molecule has 1 aliphatic heterocycles. The van der Waals surface area contributed by atoms with Crippen molar-refractivity contribution >= 4 is 16.6 Å². The van der Waals surface area contributed by atoms with Crippen LogP contribution in [-0.4, -0.2) is 30.4 Å². The normalized spacial score (nSPS) is 13.7. The number of benzene rings is 3. The van der Waals surface area contributed by atoms with E-state index in [9.17, 15) is 0 Å². The highest BCUT2D eigenvalue weighted by molar-refractivity contribution is 6.01. The van der Waals surface area contributed by atoms with Gasteiger partial charge in [-0.2, -0.15) is 5.26 Å². The fourth-order valence-corrected chi connectivity index (χ4v) is 3.71. The SMILES string of the molecule is N#CCN1CCN=C1c1ccccc1CCc1cccc2ccccc12. The minimum absolute atomic E-state index is 0.399. The second-order valence-electron chi connectivity index (χ2n) is 6.58. The number of fused-ring (bicyclic) bond motifs is 1. The van der Waals surface area contributed by atoms with Gasteiger partial charge in [0.25, 0.3) is 0 Å². The van der Waals surface area contributed by atoms with Crippen molar-refractivity contribution in [2.75, 3.05) is 19.6 Å². The Hall–Kier alpha value is -3.12. The third-order valence-electron chi connectivity index (χ3n) is 4.99. The third-order valence-corrected chi connectivity index (χ3v) is 4.99. The monoisotopic (exact) mass is 339 g/mol. The van der Waals surface area contributed by atoms with Crippen LogP contribution in [0.1, 0.15) is 16.7 Å². The fourth-order valence-electron chi connectivity index (χ4n) is 3.71. The average molecular weight is 339 g/mol. The van der Waals surface area contributed by atoms with E-state index in [0.717, 1.165) is 31.8 Å². The van der Waals surface area contributed by atoms with Crippen molar-refractivity contribution in [2.24, 2.45) is 4.99 Å². The number of aliphatic imine (C=N–C) groups is 1. The summed E-state index contributed by atoms with van der Waals surface area (Å²) in [6.45, 7) is 2.01. The second-order valence-corrected chi connectivity index (χ2v) is 6.58. The van der Waals surface area contributed by atoms with E-state index in [1.165, 1.54) is 27.5 Å². The number of hydrogen-bond acceptors (Lipinski definition) is 3. The molecule has 3 aromatic rings. The number of nitrogens with zero attached hydrogens (tertiary/aromatic N) is 3. The molecule has 128 valence electrons. The second kappa shape index (κ2) is 7.41. The highest BCUT2D eigenvalue weighted by atomic mass is 15.2. The molecule has 0 aromatic heterocycles. The van der Waals surface area contributed by atoms with E-state index in [2.05, 4.69) is 82.7 Å². The first-order valence-corrected chi connectivity index (χ1v) is 9.08. The lowest BCUT2D eigenvalue weighted by Crippen LogP contribution is -2.29. The predicted molar refractivity (Wildman–Crippen MR) is 106 cm³/mol. The molecule has 0 N–H and O–H groups in total. The van der Waals surface area contributed by atoms with E-state index in [1.807, 2.05) is 0 Å². The highest BCUT2D eigenvalue weighted by Crippen LogP contribution is 2.22. The summed E-state index contributed by atoms with van der Waals surface area (Å²) in [5.74, 6) is 0.972. The molecule has 3 nitrogen and oxygen atoms in total. The molecule has 0 fully saturated rings. The van der Waals surface area contributed by atoms with Crippen LogP contribution >= 0.6 is 0 Å². The lowest BCUT2D eigenvalue weighted by atomic mass is 9.96. The van der Waals surface area contributed by atoms with Crippen LogP contribution in [0.15, 0.2) is 71.7 Å². The summed E-state index contributed by atoms with van der Waals surface area (Å²) in [5, 5.41) is 11.7. The van der Waals surface area contributed by atoms with Gasteiger partial charge < -0.3 is 4.90 Å². The zero-order valence-corrected chi connectivity index (χ0v) is 14.7. The molecule has 4 rings (SSSR count). The first-order valence-electron chi connectivity index (χ1n) is 9.08. The molecule has 3 heteroatoms. The number of nitriles is 1. The van der Waals surface area contributed by atoms with Crippen LogP contribution in [0.5, 0.6) is 0 Å². The quantitative estimate of drug-likeness (QED) is 0.653. The minimum Gasteiger partial charge on any atom is -0.341 e. The van der Waals surface area contributed by atoms with Gasteiger partial charge in [0.15, 0.2) is 0 Å². The zero-order chi connectivity index (χ0) is 17.8. The molecule has 0 spiro atoms. The van der Waals surface area contributed by atoms with Crippen molar-refractivity contribution in [1.82, 2.24) is 4.90 Å². The van der Waals surface area contributed by atoms with Crippen molar-refractivity contribution in [3.8, 4) is 6.07 Å². The van der Waals surface area contributed by atoms with Crippen LogP contribution < -0.4 is 0 Å². The minimum atomic E-state index is 0.399. The van der Waals surface area contributed by atoms with Gasteiger partial charge in [0.2, 0.25) is 0 Å². The Balaban J connectivity index is 1.61. The van der Waals surface area contributed by atoms with Crippen molar-refractivity contribution in [2.45, 2.75) is 12.8 Å². The van der Waals surface area contributed by atoms with E-state index in [1.54, 1.807) is 0 Å². The molecule has 3 aromatic carbocycles. The van der Waals surface area contributed by atoms with Gasteiger partial charge in [-0.1, -0.05) is 66.7 Å². The number of rotatable bonds is 5. The maximum Gasteiger partial charge on any atom is 0.132 e. The average Bonchev–Trinajstić information content (AvgIpc) is 3.15. The largest absolute Gasteiger partial charge is 0.341 e. The van der Waals surface area contributed by atoms with Crippen molar-refractivity contribution in [1.29, 1.82) is 5.26 Å². The summed E-state index contributed by atoms with van der Waals surface area (Å²) >= 11 is 0. The van der Waals surface area contributed by atoms with Crippen LogP contribution in [0.2, 0.25) is 0 Å². The van der Waals surface area contributed by atoms with Crippen LogP contribution in [0, 0.1) is 11.3 Å². The fraction of sp³-hybridized carbons (Fsp3) is 0.217. The standard InChI is InChI=1S/C23H21N3/c24-14-16-26-17-15-25-23(26)22-11-4-2-7-20(22)13-12-19-9-5-8-18-6-1-3-10-21(18)19/h1-11H,12-13,15-17H2. The first-order chi connectivity index (χ1) is 12.9. The lowest BCUT2D eigenvalue weighted by Gasteiger charge is -2.19. The van der Waals surface area contributed by atoms with Crippen LogP contribution in [0.25, 0.3) is 10.8 Å². The molecule has 0 amide bonds. The summed E-state index contributed by atoms with van der Waals surface area (Å²) in [5.41, 5.74) is 3.84. The zero-order valence-electron chi connectivity index (χ0n) is 14.7. The summed E-state index contributed by atoms with van der Waals surface area (Å²) in [4.78, 5) is 6.74. The van der Waals surface area contributed by atoms with Gasteiger partial charge in [-0.05, 0) is 34.7 Å². The van der Waals surface area contributed by atoms with Crippen LogP contribution in [0.4, 0.5) is 0 Å². The molecule has 1 heterocycles. The number of amidine groups is 1. The molecule has 0 atom stereocenters. The van der Waals surface area contributed by atoms with Gasteiger partial charge in [0.1, 0.15) is 12.4 Å². The molecule has 0 saturated heterocycles. The Morgan fingerprint density at radius 1 is 0.885 bits per heavy atom. The highest BCUT2D eigenvalue weighted by Gasteiger charge is 2.20. The Morgan fingerprint density at radius 2 is 1.62 bits per heavy atom. The Labute approximate surface area is 154 Å². The van der Waals surface area contributed by atoms with Crippen molar-refractivity contribution < 1.29 is 0 Å². The molecule has 0 saturated carbocycles. The number of hydrogen-bond donors (Lipinski definition) is 0. The molecular weight excluding hydrogens is 318 g/mol. The Kier molecular flexibility index (Phi) is 4.66. The summed E-state index contributed by atoms with van der Waals surface area (Å²) in [7, 11) is 0. The lowest BCUT2D eigenvalue weighted by molar-refractivity contribution is 0.512. The number of aryl methyl sites for hydroxylation is 2. The molecule has 0 unspecified atom stereocenters. The first kappa shape index (κ1) is 16.4. The summed E-state index contributed by atoms with van der Waals surface area (Å²) in [6.07, 6.45) is 1.95. The molecule has 0 aliphatic carbocycles. The summed E-state index contributed by atoms with van der Waals surface area (Å²) < 4.78 is 0. The maximum atomic E-state index is 9.07. The van der Waals surface area contributed by atoms with Gasteiger partial charge in [-0.25, -0.2) is 0 Å². The topological polar surface area (TPSA) is 39.4 Å². The van der Waals surface area contributed by atoms with Crippen LogP contribution in [0.3, 0.4) is 0 Å². The Morgan fingerprint density at radius 3 is 2.54 bits per heavy atom. The van der Waals surface area contributed by atoms with E-state index >= 15 is 0 Å². The van der Waals surface area contributed by atoms with Crippen LogP contribution in [-0.2, 0) is 12.8 Å². The summed E-state index contributed by atoms with van der Waals surface area (Å²) in [6, 6.07) is 25.8. The smallest absolute Gasteiger partial charge is 0.132 e. The van der Waals surface area contributed by atoms with E-state index in [-0.39, 0.29) is 0 Å². The predicted octanol–water partition coefficient (Wildman–Crippen LogP) is 4.21. The Bertz CT molecular complexity index is 992. The molecule has 26 heavy (non-hydrogen) atoms. The van der Waals surface area contributed by atoms with Gasteiger partial charge in [-0.15, -0.1) is 0 Å². The molecular formula is C23H21N3. The van der Waals surface area contributed by atoms with Crippen molar-refractivity contribution in [3.63, 3.8) is 0 Å². The molecule has 0 radical (unpaired) electrons. The van der Waals surface area contributed by atoms with Crippen molar-refractivity contribution in [3.05, 3.63) is 83.4 Å². The van der Waals surface area contributed by atoms with E-state index in [4.69, 9.17) is 5.26 Å².